The second kappa shape index (κ2) is 12.2. The number of hydrogen-bond donors (Lipinski definition) is 3. The fourth-order valence-corrected chi connectivity index (χ4v) is 5.03. The molecule has 0 aliphatic carbocycles. The highest BCUT2D eigenvalue weighted by Crippen LogP contribution is 2.33. The number of likely N-dealkylation sites (tertiary alicyclic amines) is 2. The molecule has 1 aromatic carbocycles. The third kappa shape index (κ3) is 8.09. The number of nitrogens with one attached hydrogen (secondary N) is 1. The summed E-state index contributed by atoms with van der Waals surface area (Å²) in [6.45, 7) is 3.90. The molecule has 2 heterocycles. The molecule has 2 aliphatic heterocycles. The smallest absolute Gasteiger partial charge is 0.426 e. The topological polar surface area (TPSA) is 117 Å². The van der Waals surface area contributed by atoms with Crippen molar-refractivity contribution in [2.75, 3.05) is 26.2 Å². The zero-order chi connectivity index (χ0) is 27.2. The summed E-state index contributed by atoms with van der Waals surface area (Å²) in [5, 5.41) is 31.8. The van der Waals surface area contributed by atoms with E-state index in [1.165, 1.54) is 11.0 Å². The maximum atomic E-state index is 13.7. The number of carbonyl (C=O) groups excluding carboxylic acids is 2. The number of nitrogens with zero attached hydrogens (tertiary/aromatic N) is 3. The molecular weight excluding hydrogens is 481 g/mol. The van der Waals surface area contributed by atoms with E-state index in [1.807, 2.05) is 36.4 Å². The Labute approximate surface area is 217 Å². The van der Waals surface area contributed by atoms with E-state index in [2.05, 4.69) is 5.32 Å². The molecule has 8 nitrogen and oxygen atoms in total. The Kier molecular flexibility index (Phi) is 9.45. The Bertz CT molecular complexity index is 1030. The Balaban J connectivity index is 1.59. The van der Waals surface area contributed by atoms with E-state index >= 15 is 0 Å². The third-order valence-electron chi connectivity index (χ3n) is 7.12. The summed E-state index contributed by atoms with van der Waals surface area (Å²) in [5.41, 5.74) is -0.141. The molecule has 37 heavy (non-hydrogen) atoms. The van der Waals surface area contributed by atoms with E-state index in [9.17, 15) is 33.7 Å². The lowest BCUT2D eigenvalue weighted by molar-refractivity contribution is -0.130. The minimum atomic E-state index is -2.78. The average molecular weight is 516 g/mol. The number of rotatable bonds is 9. The number of nitriles is 1. The van der Waals surface area contributed by atoms with Gasteiger partial charge in [-0.2, -0.15) is 5.26 Å². The fourth-order valence-electron chi connectivity index (χ4n) is 5.03. The molecular formula is C26H35BF2N4O4. The van der Waals surface area contributed by atoms with Crippen LogP contribution in [0.2, 0.25) is 0 Å². The number of alkyl halides is 2. The van der Waals surface area contributed by atoms with E-state index in [-0.39, 0.29) is 49.8 Å². The lowest BCUT2D eigenvalue weighted by atomic mass is 9.75. The van der Waals surface area contributed by atoms with Gasteiger partial charge in [0, 0.05) is 38.0 Å². The van der Waals surface area contributed by atoms with E-state index in [1.54, 1.807) is 18.7 Å². The first-order valence-corrected chi connectivity index (χ1v) is 12.6. The van der Waals surface area contributed by atoms with Gasteiger partial charge in [0.05, 0.1) is 12.5 Å². The van der Waals surface area contributed by atoms with E-state index < -0.39 is 37.0 Å². The van der Waals surface area contributed by atoms with Crippen LogP contribution in [0.15, 0.2) is 42.0 Å². The van der Waals surface area contributed by atoms with Crippen molar-refractivity contribution >= 4 is 18.9 Å². The number of benzene rings is 1. The molecule has 0 bridgehead atoms. The highest BCUT2D eigenvalue weighted by atomic mass is 19.3. The molecule has 2 atom stereocenters. The van der Waals surface area contributed by atoms with Gasteiger partial charge in [-0.1, -0.05) is 30.3 Å². The monoisotopic (exact) mass is 516 g/mol. The molecule has 2 saturated heterocycles. The number of amides is 2. The Hall–Kier alpha value is -2.81. The van der Waals surface area contributed by atoms with Gasteiger partial charge in [-0.05, 0) is 50.7 Å². The molecule has 0 radical (unpaired) electrons. The van der Waals surface area contributed by atoms with Crippen LogP contribution < -0.4 is 5.32 Å². The number of piperidine rings is 1. The first-order chi connectivity index (χ1) is 17.4. The highest BCUT2D eigenvalue weighted by Gasteiger charge is 2.43. The summed E-state index contributed by atoms with van der Waals surface area (Å²) in [6.07, 6.45) is 2.93. The predicted molar refractivity (Wildman–Crippen MR) is 135 cm³/mol. The van der Waals surface area contributed by atoms with E-state index in [0.29, 0.717) is 19.4 Å². The molecule has 11 heteroatoms. The van der Waals surface area contributed by atoms with Gasteiger partial charge in [0.15, 0.2) is 0 Å². The van der Waals surface area contributed by atoms with Crippen molar-refractivity contribution in [2.45, 2.75) is 63.4 Å². The maximum absolute atomic E-state index is 13.7. The van der Waals surface area contributed by atoms with Gasteiger partial charge in [0.25, 0.3) is 11.8 Å². The summed E-state index contributed by atoms with van der Waals surface area (Å²) in [5.74, 6) is -4.63. The summed E-state index contributed by atoms with van der Waals surface area (Å²) < 4.78 is 27.4. The molecule has 200 valence electrons. The first kappa shape index (κ1) is 28.8. The summed E-state index contributed by atoms with van der Waals surface area (Å²) >= 11 is 0. The Morgan fingerprint density at radius 2 is 2.00 bits per heavy atom. The van der Waals surface area contributed by atoms with Crippen LogP contribution >= 0.6 is 0 Å². The minimum Gasteiger partial charge on any atom is -0.426 e. The van der Waals surface area contributed by atoms with Crippen LogP contribution in [-0.2, 0) is 16.0 Å². The minimum absolute atomic E-state index is 0.0990. The molecule has 2 aliphatic rings. The molecule has 3 N–H and O–H groups in total. The van der Waals surface area contributed by atoms with Crippen LogP contribution in [-0.4, -0.2) is 82.4 Å². The molecule has 0 saturated carbocycles. The van der Waals surface area contributed by atoms with Crippen LogP contribution in [0.3, 0.4) is 0 Å². The van der Waals surface area contributed by atoms with Crippen molar-refractivity contribution in [3.8, 4) is 6.07 Å². The van der Waals surface area contributed by atoms with Crippen LogP contribution in [0, 0.1) is 17.2 Å². The van der Waals surface area contributed by atoms with Crippen LogP contribution in [0.5, 0.6) is 0 Å². The van der Waals surface area contributed by atoms with Gasteiger partial charge in [-0.25, -0.2) is 8.78 Å². The van der Waals surface area contributed by atoms with Gasteiger partial charge in [-0.15, -0.1) is 0 Å². The number of carbonyl (C=O) groups is 2. The summed E-state index contributed by atoms with van der Waals surface area (Å²) in [7, 11) is -1.73. The third-order valence-corrected chi connectivity index (χ3v) is 7.12. The molecule has 2 amide bonds. The van der Waals surface area contributed by atoms with Crippen LogP contribution in [0.25, 0.3) is 0 Å². The van der Waals surface area contributed by atoms with Crippen molar-refractivity contribution in [1.29, 1.82) is 5.26 Å². The largest absolute Gasteiger partial charge is 0.475 e. The van der Waals surface area contributed by atoms with Crippen molar-refractivity contribution in [3.63, 3.8) is 0 Å². The van der Waals surface area contributed by atoms with E-state index in [0.717, 1.165) is 5.56 Å². The second-order valence-corrected chi connectivity index (χ2v) is 10.6. The summed E-state index contributed by atoms with van der Waals surface area (Å²) in [6, 6.07) is 11.1. The Morgan fingerprint density at radius 1 is 1.30 bits per heavy atom. The molecule has 1 unspecified atom stereocenters. The number of hydrogen-bond acceptors (Lipinski definition) is 6. The van der Waals surface area contributed by atoms with Gasteiger partial charge in [0.2, 0.25) is 5.91 Å². The zero-order valence-electron chi connectivity index (χ0n) is 21.4. The molecule has 3 rings (SSSR count). The molecule has 1 aromatic rings. The fraction of sp³-hybridized carbons (Fsp3) is 0.577. The van der Waals surface area contributed by atoms with Crippen molar-refractivity contribution in [1.82, 2.24) is 15.1 Å². The van der Waals surface area contributed by atoms with Crippen molar-refractivity contribution in [2.24, 2.45) is 5.92 Å². The average Bonchev–Trinajstić information content (AvgIpc) is 3.23. The first-order valence-electron chi connectivity index (χ1n) is 12.6. The quantitative estimate of drug-likeness (QED) is 0.263. The van der Waals surface area contributed by atoms with Gasteiger partial charge < -0.3 is 20.3 Å². The molecule has 0 spiro atoms. The normalized spacial score (nSPS) is 21.3. The van der Waals surface area contributed by atoms with Gasteiger partial charge in [0.1, 0.15) is 11.6 Å². The SMILES string of the molecule is CC(C)(C=C(C#N)C(=O)N1CCC[C@@H](CC(=O)NC(Cc2ccccc2)B(O)O)C1)N1CCC(F)(F)C1. The maximum Gasteiger partial charge on any atom is 0.475 e. The lowest BCUT2D eigenvalue weighted by Crippen LogP contribution is -2.49. The standard InChI is InChI=1S/C26H35BF2N4O4/c1-25(2,33-12-10-26(28,29)18-33)15-21(16-30)24(35)32-11-6-9-20(17-32)14-23(34)31-22(27(36)37)13-19-7-4-3-5-8-19/h3-5,7-8,15,20,22,36-37H,6,9-14,17-18H2,1-2H3,(H,31,34)/t20-,22?/m0/s1. The zero-order valence-corrected chi connectivity index (χ0v) is 21.4. The van der Waals surface area contributed by atoms with Crippen molar-refractivity contribution in [3.05, 3.63) is 47.5 Å². The van der Waals surface area contributed by atoms with Crippen LogP contribution in [0.4, 0.5) is 8.78 Å². The predicted octanol–water partition coefficient (Wildman–Crippen LogP) is 1.92. The molecule has 0 aromatic heterocycles. The van der Waals surface area contributed by atoms with Crippen LogP contribution in [0.1, 0.15) is 45.1 Å². The van der Waals surface area contributed by atoms with E-state index in [4.69, 9.17) is 0 Å². The Morgan fingerprint density at radius 3 is 2.59 bits per heavy atom. The van der Waals surface area contributed by atoms with Gasteiger partial charge in [-0.3, -0.25) is 14.5 Å². The number of halogens is 2. The second-order valence-electron chi connectivity index (χ2n) is 10.6. The molecule has 2 fully saturated rings. The lowest BCUT2D eigenvalue weighted by Gasteiger charge is -2.35. The van der Waals surface area contributed by atoms with Crippen molar-refractivity contribution < 1.29 is 28.4 Å². The summed E-state index contributed by atoms with van der Waals surface area (Å²) in [4.78, 5) is 29.0. The highest BCUT2D eigenvalue weighted by molar-refractivity contribution is 6.43. The van der Waals surface area contributed by atoms with Gasteiger partial charge >= 0.3 is 7.12 Å².